The van der Waals surface area contributed by atoms with Crippen LogP contribution in [-0.4, -0.2) is 50.0 Å². The Hall–Kier alpha value is -2.25. The summed E-state index contributed by atoms with van der Waals surface area (Å²) >= 11 is 5.96. The maximum absolute atomic E-state index is 13.0. The van der Waals surface area contributed by atoms with Crippen LogP contribution < -0.4 is 9.47 Å². The number of carbonyl (C=O) groups excluding carboxylic acids is 1. The number of rotatable bonds is 9. The van der Waals surface area contributed by atoms with Crippen molar-refractivity contribution < 1.29 is 22.7 Å². The summed E-state index contributed by atoms with van der Waals surface area (Å²) in [7, 11) is -3.13. The molecule has 0 saturated carbocycles. The van der Waals surface area contributed by atoms with E-state index in [0.717, 1.165) is 17.7 Å². The Labute approximate surface area is 182 Å². The number of amides is 1. The van der Waals surface area contributed by atoms with Gasteiger partial charge in [-0.3, -0.25) is 4.79 Å². The van der Waals surface area contributed by atoms with Crippen molar-refractivity contribution in [2.45, 2.75) is 32.4 Å². The maximum Gasteiger partial charge on any atom is 0.261 e. The molecule has 1 fully saturated rings. The fourth-order valence-corrected chi connectivity index (χ4v) is 5.25. The van der Waals surface area contributed by atoms with Crippen molar-refractivity contribution in [3.8, 4) is 11.5 Å². The van der Waals surface area contributed by atoms with Gasteiger partial charge in [0, 0.05) is 17.6 Å². The minimum Gasteiger partial charge on any atom is -0.494 e. The van der Waals surface area contributed by atoms with Gasteiger partial charge < -0.3 is 14.4 Å². The second-order valence-corrected chi connectivity index (χ2v) is 9.98. The largest absolute Gasteiger partial charge is 0.494 e. The van der Waals surface area contributed by atoms with Gasteiger partial charge in [0.15, 0.2) is 16.4 Å². The lowest BCUT2D eigenvalue weighted by atomic mass is 10.1. The predicted molar refractivity (Wildman–Crippen MR) is 117 cm³/mol. The average Bonchev–Trinajstić information content (AvgIpc) is 3.09. The van der Waals surface area contributed by atoms with Crippen molar-refractivity contribution in [1.29, 1.82) is 0 Å². The summed E-state index contributed by atoms with van der Waals surface area (Å²) in [4.78, 5) is 14.6. The molecule has 0 bridgehead atoms. The molecule has 0 radical (unpaired) electrons. The highest BCUT2D eigenvalue weighted by molar-refractivity contribution is 7.91. The Balaban J connectivity index is 1.70. The minimum atomic E-state index is -3.13. The lowest BCUT2D eigenvalue weighted by Gasteiger charge is -2.28. The summed E-state index contributed by atoms with van der Waals surface area (Å²) in [5, 5.41) is 0.518. The molecule has 1 heterocycles. The molecule has 1 unspecified atom stereocenters. The highest BCUT2D eigenvalue weighted by Crippen LogP contribution is 2.22. The molecule has 2 aromatic carbocycles. The molecule has 6 nitrogen and oxygen atoms in total. The third kappa shape index (κ3) is 6.37. The predicted octanol–water partition coefficient (Wildman–Crippen LogP) is 3.72. The topological polar surface area (TPSA) is 72.9 Å². The number of sulfone groups is 1. The second kappa shape index (κ2) is 10.2. The molecule has 0 N–H and O–H groups in total. The van der Waals surface area contributed by atoms with Gasteiger partial charge >= 0.3 is 0 Å². The van der Waals surface area contributed by atoms with Gasteiger partial charge in [-0.15, -0.1) is 0 Å². The van der Waals surface area contributed by atoms with Crippen molar-refractivity contribution in [3.63, 3.8) is 0 Å². The molecule has 30 heavy (non-hydrogen) atoms. The standard InChI is InChI=1S/C22H26ClNO5S/c1-2-11-28-20-8-6-17(7-9-20)14-24(19-10-12-30(26,27)16-19)22(25)15-29-21-5-3-4-18(23)13-21/h3-9,13,19H,2,10-12,14-16H2,1H3. The van der Waals surface area contributed by atoms with Crippen LogP contribution in [0.2, 0.25) is 5.02 Å². The molecule has 0 spiro atoms. The first kappa shape index (κ1) is 22.4. The van der Waals surface area contributed by atoms with Crippen LogP contribution in [0.1, 0.15) is 25.3 Å². The van der Waals surface area contributed by atoms with E-state index in [-0.39, 0.29) is 30.1 Å². The smallest absolute Gasteiger partial charge is 0.261 e. The SMILES string of the molecule is CCCOc1ccc(CN(C(=O)COc2cccc(Cl)c2)C2CCS(=O)(=O)C2)cc1. The Morgan fingerprint density at radius 2 is 1.90 bits per heavy atom. The highest BCUT2D eigenvalue weighted by Gasteiger charge is 2.34. The zero-order chi connectivity index (χ0) is 21.6. The van der Waals surface area contributed by atoms with Gasteiger partial charge in [-0.05, 0) is 48.7 Å². The number of hydrogen-bond donors (Lipinski definition) is 0. The van der Waals surface area contributed by atoms with Crippen molar-refractivity contribution in [2.24, 2.45) is 0 Å². The summed E-state index contributed by atoms with van der Waals surface area (Å²) in [6, 6.07) is 14.0. The summed E-state index contributed by atoms with van der Waals surface area (Å²) < 4.78 is 35.2. The van der Waals surface area contributed by atoms with Crippen molar-refractivity contribution in [2.75, 3.05) is 24.7 Å². The number of halogens is 1. The molecule has 162 valence electrons. The van der Waals surface area contributed by atoms with Gasteiger partial charge in [0.2, 0.25) is 0 Å². The molecule has 1 amide bonds. The van der Waals surface area contributed by atoms with E-state index < -0.39 is 9.84 Å². The van der Waals surface area contributed by atoms with Crippen LogP contribution >= 0.6 is 11.6 Å². The lowest BCUT2D eigenvalue weighted by molar-refractivity contribution is -0.136. The summed E-state index contributed by atoms with van der Waals surface area (Å²) in [5.74, 6) is 1.08. The Morgan fingerprint density at radius 3 is 2.53 bits per heavy atom. The monoisotopic (exact) mass is 451 g/mol. The van der Waals surface area contributed by atoms with Gasteiger partial charge in [0.1, 0.15) is 11.5 Å². The molecular formula is C22H26ClNO5S. The molecule has 1 saturated heterocycles. The van der Waals surface area contributed by atoms with E-state index in [1.165, 1.54) is 0 Å². The number of nitrogens with zero attached hydrogens (tertiary/aromatic N) is 1. The molecule has 1 aliphatic rings. The van der Waals surface area contributed by atoms with E-state index in [1.54, 1.807) is 29.2 Å². The summed E-state index contributed by atoms with van der Waals surface area (Å²) in [6.45, 7) is 2.81. The first-order valence-corrected chi connectivity index (χ1v) is 12.2. The number of carbonyl (C=O) groups is 1. The first-order chi connectivity index (χ1) is 14.4. The zero-order valence-corrected chi connectivity index (χ0v) is 18.5. The quantitative estimate of drug-likeness (QED) is 0.581. The number of hydrogen-bond acceptors (Lipinski definition) is 5. The zero-order valence-electron chi connectivity index (χ0n) is 16.9. The maximum atomic E-state index is 13.0. The van der Waals surface area contributed by atoms with Crippen molar-refractivity contribution in [1.82, 2.24) is 4.90 Å². The molecule has 1 atom stereocenters. The van der Waals surface area contributed by atoms with Crippen LogP contribution in [0.25, 0.3) is 0 Å². The molecular weight excluding hydrogens is 426 g/mol. The molecule has 0 aromatic heterocycles. The van der Waals surface area contributed by atoms with Gasteiger partial charge in [0.25, 0.3) is 5.91 Å². The third-order valence-electron chi connectivity index (χ3n) is 4.88. The third-order valence-corrected chi connectivity index (χ3v) is 6.86. The number of ether oxygens (including phenoxy) is 2. The second-order valence-electron chi connectivity index (χ2n) is 7.32. The van der Waals surface area contributed by atoms with E-state index in [1.807, 2.05) is 31.2 Å². The van der Waals surface area contributed by atoms with Crippen molar-refractivity contribution >= 4 is 27.3 Å². The van der Waals surface area contributed by atoms with Crippen LogP contribution in [0.3, 0.4) is 0 Å². The number of benzene rings is 2. The van der Waals surface area contributed by atoms with Gasteiger partial charge in [-0.2, -0.15) is 0 Å². The fourth-order valence-electron chi connectivity index (χ4n) is 3.33. The van der Waals surface area contributed by atoms with Gasteiger partial charge in [0.05, 0.1) is 18.1 Å². The van der Waals surface area contributed by atoms with E-state index in [4.69, 9.17) is 21.1 Å². The molecule has 0 aliphatic carbocycles. The summed E-state index contributed by atoms with van der Waals surface area (Å²) in [6.07, 6.45) is 1.36. The molecule has 2 aromatic rings. The molecule has 8 heteroatoms. The van der Waals surface area contributed by atoms with E-state index in [0.29, 0.717) is 30.3 Å². The van der Waals surface area contributed by atoms with Crippen LogP contribution in [-0.2, 0) is 21.2 Å². The fraction of sp³-hybridized carbons (Fsp3) is 0.409. The van der Waals surface area contributed by atoms with Crippen LogP contribution in [0.4, 0.5) is 0 Å². The first-order valence-electron chi connectivity index (χ1n) is 9.96. The normalized spacial score (nSPS) is 17.5. The lowest BCUT2D eigenvalue weighted by Crippen LogP contribution is -2.43. The minimum absolute atomic E-state index is 0.0202. The van der Waals surface area contributed by atoms with Crippen molar-refractivity contribution in [3.05, 3.63) is 59.1 Å². The Bertz CT molecular complexity index is 962. The Morgan fingerprint density at radius 1 is 1.13 bits per heavy atom. The van der Waals surface area contributed by atoms with E-state index >= 15 is 0 Å². The molecule has 3 rings (SSSR count). The van der Waals surface area contributed by atoms with E-state index in [2.05, 4.69) is 0 Å². The van der Waals surface area contributed by atoms with Crippen LogP contribution in [0, 0.1) is 0 Å². The van der Waals surface area contributed by atoms with Gasteiger partial charge in [-0.1, -0.05) is 36.7 Å². The van der Waals surface area contributed by atoms with Crippen LogP contribution in [0.5, 0.6) is 11.5 Å². The highest BCUT2D eigenvalue weighted by atomic mass is 35.5. The molecule has 1 aliphatic heterocycles. The Kier molecular flexibility index (Phi) is 7.61. The summed E-state index contributed by atoms with van der Waals surface area (Å²) in [5.41, 5.74) is 0.902. The van der Waals surface area contributed by atoms with E-state index in [9.17, 15) is 13.2 Å². The average molecular weight is 452 g/mol. The van der Waals surface area contributed by atoms with Crippen LogP contribution in [0.15, 0.2) is 48.5 Å². The van der Waals surface area contributed by atoms with Gasteiger partial charge in [-0.25, -0.2) is 8.42 Å².